The summed E-state index contributed by atoms with van der Waals surface area (Å²) < 4.78 is 0. The van der Waals surface area contributed by atoms with Crippen LogP contribution in [0.4, 0.5) is 0 Å². The number of fused-ring (bicyclic) bond motifs is 1. The number of nitrogens with one attached hydrogen (secondary N) is 1. The quantitative estimate of drug-likeness (QED) is 0.803. The Morgan fingerprint density at radius 1 is 1.24 bits per heavy atom. The van der Waals surface area contributed by atoms with Gasteiger partial charge >= 0.3 is 0 Å². The van der Waals surface area contributed by atoms with Crippen LogP contribution in [0.1, 0.15) is 42.5 Å². The summed E-state index contributed by atoms with van der Waals surface area (Å²) in [7, 11) is 0. The SMILES string of the molecule is NCCC(N)c1cc(C2CCNCC2)nc2ccccc12. The highest BCUT2D eigenvalue weighted by molar-refractivity contribution is 5.83. The van der Waals surface area contributed by atoms with E-state index in [0.717, 1.165) is 43.3 Å². The average Bonchev–Trinajstić information content (AvgIpc) is 2.55. The second-order valence-electron chi connectivity index (χ2n) is 5.86. The minimum Gasteiger partial charge on any atom is -0.330 e. The Morgan fingerprint density at radius 3 is 2.76 bits per heavy atom. The van der Waals surface area contributed by atoms with E-state index in [1.165, 1.54) is 11.3 Å². The predicted molar refractivity (Wildman–Crippen MR) is 87.2 cm³/mol. The first-order chi connectivity index (χ1) is 10.3. The molecule has 1 saturated heterocycles. The zero-order chi connectivity index (χ0) is 14.7. The van der Waals surface area contributed by atoms with Crippen LogP contribution >= 0.6 is 0 Å². The lowest BCUT2D eigenvalue weighted by atomic mass is 9.90. The largest absolute Gasteiger partial charge is 0.330 e. The molecule has 2 aromatic rings. The summed E-state index contributed by atoms with van der Waals surface area (Å²) in [6.45, 7) is 2.76. The molecule has 5 N–H and O–H groups in total. The van der Waals surface area contributed by atoms with Gasteiger partial charge in [-0.2, -0.15) is 0 Å². The van der Waals surface area contributed by atoms with E-state index in [-0.39, 0.29) is 6.04 Å². The van der Waals surface area contributed by atoms with E-state index < -0.39 is 0 Å². The maximum Gasteiger partial charge on any atom is 0.0708 e. The van der Waals surface area contributed by atoms with Crippen LogP contribution in [-0.4, -0.2) is 24.6 Å². The van der Waals surface area contributed by atoms with Crippen molar-refractivity contribution in [3.8, 4) is 0 Å². The molecule has 1 unspecified atom stereocenters. The molecule has 1 fully saturated rings. The van der Waals surface area contributed by atoms with Crippen molar-refractivity contribution in [3.63, 3.8) is 0 Å². The summed E-state index contributed by atoms with van der Waals surface area (Å²) in [5.74, 6) is 0.541. The Morgan fingerprint density at radius 2 is 2.00 bits per heavy atom. The summed E-state index contributed by atoms with van der Waals surface area (Å²) in [6.07, 6.45) is 3.10. The highest BCUT2D eigenvalue weighted by Gasteiger charge is 2.19. The zero-order valence-electron chi connectivity index (χ0n) is 12.4. The Bertz CT molecular complexity index is 605. The fourth-order valence-electron chi connectivity index (χ4n) is 3.19. The molecule has 0 saturated carbocycles. The van der Waals surface area contributed by atoms with Crippen molar-refractivity contribution in [2.24, 2.45) is 11.5 Å². The molecule has 0 spiro atoms. The van der Waals surface area contributed by atoms with Crippen molar-refractivity contribution < 1.29 is 0 Å². The van der Waals surface area contributed by atoms with E-state index in [4.69, 9.17) is 16.5 Å². The van der Waals surface area contributed by atoms with Crippen LogP contribution in [0.25, 0.3) is 10.9 Å². The molecule has 0 aliphatic carbocycles. The molecular formula is C17H24N4. The lowest BCUT2D eigenvalue weighted by molar-refractivity contribution is 0.453. The minimum atomic E-state index is -0.0108. The first-order valence-electron chi connectivity index (χ1n) is 7.85. The van der Waals surface area contributed by atoms with Crippen molar-refractivity contribution in [2.75, 3.05) is 19.6 Å². The molecule has 1 aliphatic heterocycles. The van der Waals surface area contributed by atoms with Gasteiger partial charge in [0.15, 0.2) is 0 Å². The van der Waals surface area contributed by atoms with Gasteiger partial charge in [0.2, 0.25) is 0 Å². The molecule has 0 amide bonds. The number of benzene rings is 1. The summed E-state index contributed by atoms with van der Waals surface area (Å²) in [6, 6.07) is 10.5. The number of hydrogen-bond donors (Lipinski definition) is 3. The number of nitrogens with two attached hydrogens (primary N) is 2. The molecule has 0 radical (unpaired) electrons. The van der Waals surface area contributed by atoms with Gasteiger partial charge in [0.05, 0.1) is 5.52 Å². The monoisotopic (exact) mass is 284 g/mol. The van der Waals surface area contributed by atoms with E-state index in [9.17, 15) is 0 Å². The van der Waals surface area contributed by atoms with Crippen LogP contribution in [0, 0.1) is 0 Å². The van der Waals surface area contributed by atoms with Crippen LogP contribution in [0.15, 0.2) is 30.3 Å². The van der Waals surface area contributed by atoms with Crippen LogP contribution in [0.5, 0.6) is 0 Å². The van der Waals surface area contributed by atoms with E-state index in [0.29, 0.717) is 12.5 Å². The third-order valence-electron chi connectivity index (χ3n) is 4.40. The van der Waals surface area contributed by atoms with Crippen molar-refractivity contribution in [1.29, 1.82) is 0 Å². The van der Waals surface area contributed by atoms with Gasteiger partial charge in [0.25, 0.3) is 0 Å². The van der Waals surface area contributed by atoms with Crippen LogP contribution < -0.4 is 16.8 Å². The summed E-state index contributed by atoms with van der Waals surface area (Å²) in [4.78, 5) is 4.89. The number of pyridine rings is 1. The average molecular weight is 284 g/mol. The first-order valence-corrected chi connectivity index (χ1v) is 7.85. The van der Waals surface area contributed by atoms with Crippen LogP contribution in [0.3, 0.4) is 0 Å². The molecular weight excluding hydrogens is 260 g/mol. The van der Waals surface area contributed by atoms with Gasteiger partial charge in [-0.15, -0.1) is 0 Å². The molecule has 112 valence electrons. The molecule has 4 heteroatoms. The fourth-order valence-corrected chi connectivity index (χ4v) is 3.19. The van der Waals surface area contributed by atoms with E-state index >= 15 is 0 Å². The summed E-state index contributed by atoms with van der Waals surface area (Å²) in [5.41, 5.74) is 15.5. The van der Waals surface area contributed by atoms with Crippen molar-refractivity contribution >= 4 is 10.9 Å². The van der Waals surface area contributed by atoms with Gasteiger partial charge in [-0.25, -0.2) is 0 Å². The zero-order valence-corrected chi connectivity index (χ0v) is 12.4. The summed E-state index contributed by atoms with van der Waals surface area (Å²) in [5, 5.41) is 4.57. The van der Waals surface area contributed by atoms with Crippen LogP contribution in [-0.2, 0) is 0 Å². The third-order valence-corrected chi connectivity index (χ3v) is 4.40. The van der Waals surface area contributed by atoms with Gasteiger partial charge in [-0.1, -0.05) is 18.2 Å². The number of piperidine rings is 1. The van der Waals surface area contributed by atoms with Crippen LogP contribution in [0.2, 0.25) is 0 Å². The van der Waals surface area contributed by atoms with E-state index in [1.807, 2.05) is 12.1 Å². The number of para-hydroxylation sites is 1. The van der Waals surface area contributed by atoms with Gasteiger partial charge in [0.1, 0.15) is 0 Å². The summed E-state index contributed by atoms with van der Waals surface area (Å²) >= 11 is 0. The fraction of sp³-hybridized carbons (Fsp3) is 0.471. The number of nitrogens with zero attached hydrogens (tertiary/aromatic N) is 1. The highest BCUT2D eigenvalue weighted by atomic mass is 14.9. The topological polar surface area (TPSA) is 77.0 Å². The minimum absolute atomic E-state index is 0.0108. The molecule has 0 bridgehead atoms. The number of rotatable bonds is 4. The van der Waals surface area contributed by atoms with Crippen molar-refractivity contribution in [2.45, 2.75) is 31.2 Å². The molecule has 4 nitrogen and oxygen atoms in total. The maximum atomic E-state index is 6.35. The molecule has 2 heterocycles. The Kier molecular flexibility index (Phi) is 4.48. The van der Waals surface area contributed by atoms with Gasteiger partial charge < -0.3 is 16.8 Å². The maximum absolute atomic E-state index is 6.35. The Labute approximate surface area is 125 Å². The first kappa shape index (κ1) is 14.4. The second kappa shape index (κ2) is 6.52. The van der Waals surface area contributed by atoms with E-state index in [1.54, 1.807) is 0 Å². The molecule has 1 aromatic heterocycles. The molecule has 21 heavy (non-hydrogen) atoms. The van der Waals surface area contributed by atoms with Gasteiger partial charge in [0, 0.05) is 23.0 Å². The van der Waals surface area contributed by atoms with Crippen molar-refractivity contribution in [3.05, 3.63) is 41.6 Å². The smallest absolute Gasteiger partial charge is 0.0708 e. The predicted octanol–water partition coefficient (Wildman–Crippen LogP) is 2.05. The van der Waals surface area contributed by atoms with E-state index in [2.05, 4.69) is 23.5 Å². The Balaban J connectivity index is 2.05. The number of aromatic nitrogens is 1. The van der Waals surface area contributed by atoms with Gasteiger partial charge in [-0.05, 0) is 56.6 Å². The van der Waals surface area contributed by atoms with Crippen molar-refractivity contribution in [1.82, 2.24) is 10.3 Å². The molecule has 3 rings (SSSR count). The standard InChI is InChI=1S/C17H24N4/c18-8-5-15(19)14-11-17(12-6-9-20-10-7-12)21-16-4-2-1-3-13(14)16/h1-4,11-12,15,20H,5-10,18-19H2. The normalized spacial score (nSPS) is 18.0. The second-order valence-corrected chi connectivity index (χ2v) is 5.86. The Hall–Kier alpha value is -1.49. The molecule has 1 atom stereocenters. The lowest BCUT2D eigenvalue weighted by Crippen LogP contribution is -2.27. The lowest BCUT2D eigenvalue weighted by Gasteiger charge is -2.24. The number of hydrogen-bond acceptors (Lipinski definition) is 4. The van der Waals surface area contributed by atoms with Gasteiger partial charge in [-0.3, -0.25) is 4.98 Å². The molecule has 1 aromatic carbocycles. The molecule has 1 aliphatic rings. The third kappa shape index (κ3) is 3.07. The highest BCUT2D eigenvalue weighted by Crippen LogP contribution is 2.30.